The highest BCUT2D eigenvalue weighted by molar-refractivity contribution is 4.42. The van der Waals surface area contributed by atoms with Crippen molar-refractivity contribution < 1.29 is 66.7 Å². The van der Waals surface area contributed by atoms with Gasteiger partial charge in [-0.05, 0) is 25.7 Å². The summed E-state index contributed by atoms with van der Waals surface area (Å²) in [5, 5.41) is 0. The molecule has 0 aliphatic heterocycles. The van der Waals surface area contributed by atoms with Crippen molar-refractivity contribution in [1.29, 1.82) is 0 Å². The van der Waals surface area contributed by atoms with Gasteiger partial charge in [-0.15, -0.1) is 20.5 Å². The zero-order valence-electron chi connectivity index (χ0n) is 15.2. The van der Waals surface area contributed by atoms with Crippen molar-refractivity contribution in [3.63, 3.8) is 0 Å². The topological polar surface area (TPSA) is 184 Å². The summed E-state index contributed by atoms with van der Waals surface area (Å²) in [4.78, 5) is 0. The molecule has 0 fully saturated rings. The summed E-state index contributed by atoms with van der Waals surface area (Å²) in [6, 6.07) is 0. The van der Waals surface area contributed by atoms with E-state index in [0.717, 1.165) is 8.97 Å². The fourth-order valence-electron chi connectivity index (χ4n) is 1.53. The van der Waals surface area contributed by atoms with E-state index in [0.29, 0.717) is 0 Å². The van der Waals surface area contributed by atoms with Crippen molar-refractivity contribution in [3.8, 4) is 0 Å². The third kappa shape index (κ3) is 79.6. The number of hydrogen-bond donors (Lipinski definition) is 0. The van der Waals surface area contributed by atoms with Crippen LogP contribution in [0.3, 0.4) is 0 Å². The molecule has 0 aromatic heterocycles. The van der Waals surface area contributed by atoms with E-state index in [-0.39, 0.29) is 0 Å². The van der Waals surface area contributed by atoms with E-state index in [1.807, 2.05) is 0 Å². The van der Waals surface area contributed by atoms with Gasteiger partial charge in [-0.1, -0.05) is 0 Å². The minimum absolute atomic E-state index is 1.11. The molecule has 0 atom stereocenters. The summed E-state index contributed by atoms with van der Waals surface area (Å²) < 4.78 is 70.2. The van der Waals surface area contributed by atoms with Gasteiger partial charge in [0.05, 0.1) is 55.4 Å². The predicted octanol–water partition coefficient (Wildman–Crippen LogP) is -7.55. The number of quaternary nitrogens is 2. The van der Waals surface area contributed by atoms with Crippen molar-refractivity contribution in [3.05, 3.63) is 0 Å². The van der Waals surface area contributed by atoms with Crippen molar-refractivity contribution in [1.82, 2.24) is 0 Å². The number of unbranched alkanes of at least 4 members (excludes halogenated alkanes) is 3. The lowest BCUT2D eigenvalue weighted by molar-refractivity contribution is -2.00. The Labute approximate surface area is 148 Å². The Hall–Kier alpha value is 0.180. The normalized spacial score (nSPS) is 12.8. The smallest absolute Gasteiger partial charge is 0.0780 e. The van der Waals surface area contributed by atoms with Crippen LogP contribution in [0.1, 0.15) is 25.7 Å². The van der Waals surface area contributed by atoms with Crippen LogP contribution in [0.2, 0.25) is 0 Å². The van der Waals surface area contributed by atoms with E-state index in [1.54, 1.807) is 0 Å². The molecule has 0 saturated heterocycles. The molecule has 12 heteroatoms. The summed E-state index contributed by atoms with van der Waals surface area (Å²) in [7, 11) is 3.73. The van der Waals surface area contributed by atoms with Crippen LogP contribution in [0.4, 0.5) is 0 Å². The molecule has 10 nitrogen and oxygen atoms in total. The van der Waals surface area contributed by atoms with Crippen LogP contribution >= 0.6 is 0 Å². The van der Waals surface area contributed by atoms with Gasteiger partial charge in [-0.2, -0.15) is 0 Å². The molecular weight excluding hydrogens is 371 g/mol. The maximum atomic E-state index is 8.49. The molecule has 0 aliphatic rings. The predicted molar refractivity (Wildman–Crippen MR) is 64.3 cm³/mol. The van der Waals surface area contributed by atoms with Crippen LogP contribution in [0.25, 0.3) is 0 Å². The average Bonchev–Trinajstić information content (AvgIpc) is 2.14. The number of nitrogens with zero attached hydrogens (tertiary/aromatic N) is 2. The van der Waals surface area contributed by atoms with Crippen molar-refractivity contribution in [2.75, 3.05) is 55.4 Å². The lowest BCUT2D eigenvalue weighted by Gasteiger charge is -2.25. The standard InChI is InChI=1S/C12H30N2.2ClHO4/c1-13(2,3)11-9-7-8-10-12-14(4,5)6;2*2-1(3,4)5/h7-12H2,1-6H3;2*(H,2,3,4,5)/q+2;;/p-2. The van der Waals surface area contributed by atoms with E-state index in [9.17, 15) is 0 Å². The minimum atomic E-state index is -4.94. The number of hydrogen-bond acceptors (Lipinski definition) is 8. The molecule has 0 bridgehead atoms. The largest absolute Gasteiger partial charge is 0.331 e. The molecule has 150 valence electrons. The molecular formula is C12H30Cl2N2O8. The first-order valence-corrected chi connectivity index (χ1v) is 9.52. The Morgan fingerprint density at radius 2 is 0.625 bits per heavy atom. The van der Waals surface area contributed by atoms with Gasteiger partial charge < -0.3 is 8.97 Å². The summed E-state index contributed by atoms with van der Waals surface area (Å²) >= 11 is 0. The SMILES string of the molecule is C[N+](C)(C)CCCCCC[N+](C)(C)C.[O-][Cl+3]([O-])([O-])[O-].[O-][Cl+3]([O-])([O-])[O-]. The lowest BCUT2D eigenvalue weighted by atomic mass is 10.1. The molecule has 0 spiro atoms. The summed E-state index contributed by atoms with van der Waals surface area (Å²) in [6.45, 7) is 2.62. The summed E-state index contributed by atoms with van der Waals surface area (Å²) in [6.07, 6.45) is 5.55. The third-order valence-corrected chi connectivity index (χ3v) is 2.41. The molecule has 0 aromatic rings. The fourth-order valence-corrected chi connectivity index (χ4v) is 1.53. The lowest BCUT2D eigenvalue weighted by Crippen LogP contribution is -2.68. The van der Waals surface area contributed by atoms with Crippen LogP contribution < -0.4 is 37.3 Å². The molecule has 0 unspecified atom stereocenters. The van der Waals surface area contributed by atoms with Crippen LogP contribution in [-0.4, -0.2) is 64.3 Å². The van der Waals surface area contributed by atoms with Gasteiger partial charge in [0.1, 0.15) is 0 Å². The second-order valence-corrected chi connectivity index (χ2v) is 8.71. The number of rotatable bonds is 7. The van der Waals surface area contributed by atoms with E-state index in [1.165, 1.54) is 38.8 Å². The Bertz CT molecular complexity index is 253. The van der Waals surface area contributed by atoms with Gasteiger partial charge in [0.15, 0.2) is 0 Å². The zero-order valence-corrected chi connectivity index (χ0v) is 16.7. The van der Waals surface area contributed by atoms with Gasteiger partial charge in [0.2, 0.25) is 0 Å². The van der Waals surface area contributed by atoms with E-state index < -0.39 is 20.5 Å². The molecule has 0 amide bonds. The molecule has 0 radical (unpaired) electrons. The molecule has 0 N–H and O–H groups in total. The second-order valence-electron chi connectivity index (χ2n) is 7.20. The maximum absolute atomic E-state index is 8.49. The average molecular weight is 401 g/mol. The van der Waals surface area contributed by atoms with Crippen molar-refractivity contribution >= 4 is 0 Å². The van der Waals surface area contributed by atoms with E-state index in [4.69, 9.17) is 37.3 Å². The molecule has 24 heavy (non-hydrogen) atoms. The minimum Gasteiger partial charge on any atom is -0.331 e. The van der Waals surface area contributed by atoms with Gasteiger partial charge in [-0.25, -0.2) is 37.3 Å². The Morgan fingerprint density at radius 3 is 0.750 bits per heavy atom. The maximum Gasteiger partial charge on any atom is 0.0780 e. The Balaban J connectivity index is -0.000000361. The van der Waals surface area contributed by atoms with Crippen molar-refractivity contribution in [2.45, 2.75) is 25.7 Å². The fraction of sp³-hybridized carbons (Fsp3) is 1.00. The van der Waals surface area contributed by atoms with Gasteiger partial charge >= 0.3 is 0 Å². The van der Waals surface area contributed by atoms with Crippen molar-refractivity contribution in [2.24, 2.45) is 0 Å². The second kappa shape index (κ2) is 12.5. The highest BCUT2D eigenvalue weighted by Crippen LogP contribution is 2.05. The molecule has 0 heterocycles. The zero-order chi connectivity index (χ0) is 20.2. The molecule has 0 aromatic carbocycles. The van der Waals surface area contributed by atoms with Crippen LogP contribution in [0, 0.1) is 20.5 Å². The Morgan fingerprint density at radius 1 is 0.458 bits per heavy atom. The third-order valence-electron chi connectivity index (χ3n) is 2.41. The van der Waals surface area contributed by atoms with E-state index >= 15 is 0 Å². The Kier molecular flexibility index (Phi) is 15.1. The van der Waals surface area contributed by atoms with E-state index in [2.05, 4.69) is 42.3 Å². The quantitative estimate of drug-likeness (QED) is 0.297. The van der Waals surface area contributed by atoms with Crippen LogP contribution in [-0.2, 0) is 0 Å². The summed E-state index contributed by atoms with van der Waals surface area (Å²) in [5.74, 6) is 0. The highest BCUT2D eigenvalue weighted by Gasteiger charge is 2.07. The number of halogens is 2. The first kappa shape index (κ1) is 29.0. The highest BCUT2D eigenvalue weighted by atomic mass is 35.7. The van der Waals surface area contributed by atoms with Gasteiger partial charge in [0, 0.05) is 0 Å². The first-order chi connectivity index (χ1) is 10.2. The van der Waals surface area contributed by atoms with Gasteiger partial charge in [0.25, 0.3) is 0 Å². The molecule has 0 rings (SSSR count). The van der Waals surface area contributed by atoms with Gasteiger partial charge in [-0.3, -0.25) is 0 Å². The van der Waals surface area contributed by atoms with Crippen LogP contribution in [0.15, 0.2) is 0 Å². The monoisotopic (exact) mass is 400 g/mol. The first-order valence-electron chi connectivity index (χ1n) is 7.05. The summed E-state index contributed by atoms with van der Waals surface area (Å²) in [5.41, 5.74) is 0. The molecule has 0 saturated carbocycles. The molecule has 0 aliphatic carbocycles. The van der Waals surface area contributed by atoms with Crippen LogP contribution in [0.5, 0.6) is 0 Å².